The van der Waals surface area contributed by atoms with Gasteiger partial charge in [-0.2, -0.15) is 0 Å². The lowest BCUT2D eigenvalue weighted by molar-refractivity contribution is -0.211. The fourth-order valence-corrected chi connectivity index (χ4v) is 9.12. The molecule has 3 rings (SSSR count). The summed E-state index contributed by atoms with van der Waals surface area (Å²) in [6.07, 6.45) is 1.62. The van der Waals surface area contributed by atoms with Crippen LogP contribution in [-0.4, -0.2) is 65.8 Å². The number of rotatable bonds is 9. The molecule has 0 bridgehead atoms. The SMILES string of the molecule is CC[Si](CC)(CC)OC(CO[Si](C)(C)C(C)(C)C)C1C[C@H]2O[C@@H]3[C@H](C[C@H]2O1)OC(=O)C[C@@H]3C. The minimum atomic E-state index is -1.91. The molecule has 3 aliphatic rings. The van der Waals surface area contributed by atoms with Crippen molar-refractivity contribution in [2.75, 3.05) is 6.61 Å². The quantitative estimate of drug-likeness (QED) is 0.300. The lowest BCUT2D eigenvalue weighted by atomic mass is 9.87. The Hall–Kier alpha value is -0.256. The molecule has 7 atom stereocenters. The number of esters is 1. The van der Waals surface area contributed by atoms with Gasteiger partial charge in [0.05, 0.1) is 43.5 Å². The topological polar surface area (TPSA) is 63.2 Å². The summed E-state index contributed by atoms with van der Waals surface area (Å²) in [5, 5.41) is 0.148. The molecule has 2 unspecified atom stereocenters. The van der Waals surface area contributed by atoms with Crippen LogP contribution in [0.4, 0.5) is 0 Å². The third kappa shape index (κ3) is 5.94. The Labute approximate surface area is 203 Å². The van der Waals surface area contributed by atoms with Crippen LogP contribution in [-0.2, 0) is 27.9 Å². The van der Waals surface area contributed by atoms with E-state index in [9.17, 15) is 4.79 Å². The zero-order valence-corrected chi connectivity index (χ0v) is 24.4. The first-order chi connectivity index (χ1) is 15.3. The van der Waals surface area contributed by atoms with E-state index in [1.165, 1.54) is 0 Å². The van der Waals surface area contributed by atoms with Crippen LogP contribution in [0.3, 0.4) is 0 Å². The second kappa shape index (κ2) is 10.4. The van der Waals surface area contributed by atoms with Gasteiger partial charge < -0.3 is 23.1 Å². The van der Waals surface area contributed by atoms with E-state index in [0.29, 0.717) is 13.0 Å². The summed E-state index contributed by atoms with van der Waals surface area (Å²) in [5.74, 6) is 0.0690. The van der Waals surface area contributed by atoms with Crippen molar-refractivity contribution in [1.82, 2.24) is 0 Å². The summed E-state index contributed by atoms with van der Waals surface area (Å²) in [5.41, 5.74) is 0. The second-order valence-electron chi connectivity index (χ2n) is 12.0. The minimum Gasteiger partial charge on any atom is -0.459 e. The van der Waals surface area contributed by atoms with Gasteiger partial charge in [-0.15, -0.1) is 0 Å². The molecular formula is C25H48O6Si2. The zero-order valence-electron chi connectivity index (χ0n) is 22.4. The lowest BCUT2D eigenvalue weighted by Gasteiger charge is -2.42. The van der Waals surface area contributed by atoms with Gasteiger partial charge in [0.15, 0.2) is 16.6 Å². The van der Waals surface area contributed by atoms with Crippen molar-refractivity contribution in [3.05, 3.63) is 0 Å². The van der Waals surface area contributed by atoms with Crippen LogP contribution in [0.1, 0.15) is 67.7 Å². The third-order valence-electron chi connectivity index (χ3n) is 8.89. The van der Waals surface area contributed by atoms with Gasteiger partial charge in [0, 0.05) is 12.8 Å². The zero-order chi connectivity index (χ0) is 24.6. The van der Waals surface area contributed by atoms with Crippen LogP contribution in [0, 0.1) is 5.92 Å². The van der Waals surface area contributed by atoms with Gasteiger partial charge in [0.2, 0.25) is 0 Å². The summed E-state index contributed by atoms with van der Waals surface area (Å²) < 4.78 is 32.4. The van der Waals surface area contributed by atoms with E-state index in [-0.39, 0.29) is 53.5 Å². The monoisotopic (exact) mass is 500 g/mol. The van der Waals surface area contributed by atoms with Crippen LogP contribution in [0.5, 0.6) is 0 Å². The predicted molar refractivity (Wildman–Crippen MR) is 135 cm³/mol. The molecule has 3 saturated heterocycles. The molecule has 0 aliphatic carbocycles. The van der Waals surface area contributed by atoms with Crippen LogP contribution in [0.15, 0.2) is 0 Å². The largest absolute Gasteiger partial charge is 0.459 e. The van der Waals surface area contributed by atoms with Crippen molar-refractivity contribution in [2.24, 2.45) is 5.92 Å². The van der Waals surface area contributed by atoms with Crippen LogP contribution < -0.4 is 0 Å². The molecule has 0 N–H and O–H groups in total. The Morgan fingerprint density at radius 2 is 1.61 bits per heavy atom. The van der Waals surface area contributed by atoms with Crippen molar-refractivity contribution < 1.29 is 27.9 Å². The van der Waals surface area contributed by atoms with Gasteiger partial charge in [-0.25, -0.2) is 0 Å². The van der Waals surface area contributed by atoms with Gasteiger partial charge >= 0.3 is 5.97 Å². The summed E-state index contributed by atoms with van der Waals surface area (Å²) in [6, 6.07) is 3.30. The summed E-state index contributed by atoms with van der Waals surface area (Å²) in [7, 11) is -3.76. The molecule has 8 heteroatoms. The number of ether oxygens (including phenoxy) is 3. The number of fused-ring (bicyclic) bond motifs is 2. The van der Waals surface area contributed by atoms with E-state index in [0.717, 1.165) is 31.0 Å². The Morgan fingerprint density at radius 1 is 1.00 bits per heavy atom. The first-order valence-electron chi connectivity index (χ1n) is 13.2. The summed E-state index contributed by atoms with van der Waals surface area (Å²) in [6.45, 7) is 20.9. The van der Waals surface area contributed by atoms with E-state index in [4.69, 9.17) is 23.1 Å². The predicted octanol–water partition coefficient (Wildman–Crippen LogP) is 5.67. The maximum Gasteiger partial charge on any atom is 0.306 e. The maximum atomic E-state index is 12.0. The summed E-state index contributed by atoms with van der Waals surface area (Å²) in [4.78, 5) is 12.0. The smallest absolute Gasteiger partial charge is 0.306 e. The molecule has 0 aromatic carbocycles. The van der Waals surface area contributed by atoms with Crippen molar-refractivity contribution >= 4 is 22.6 Å². The number of hydrogen-bond donors (Lipinski definition) is 0. The van der Waals surface area contributed by atoms with Gasteiger partial charge in [0.25, 0.3) is 0 Å². The van der Waals surface area contributed by atoms with Crippen LogP contribution >= 0.6 is 0 Å². The Bertz CT molecular complexity index is 666. The fourth-order valence-electron chi connectivity index (χ4n) is 5.25. The lowest BCUT2D eigenvalue weighted by Crippen LogP contribution is -2.53. The molecule has 0 radical (unpaired) electrons. The van der Waals surface area contributed by atoms with Gasteiger partial charge in [-0.05, 0) is 42.2 Å². The number of carbonyl (C=O) groups excluding carboxylic acids is 1. The molecule has 3 aliphatic heterocycles. The number of hydrogen-bond acceptors (Lipinski definition) is 6. The maximum absolute atomic E-state index is 12.0. The highest BCUT2D eigenvalue weighted by Gasteiger charge is 2.52. The molecule has 3 fully saturated rings. The molecule has 3 heterocycles. The Balaban J connectivity index is 1.75. The van der Waals surface area contributed by atoms with Crippen LogP contribution in [0.2, 0.25) is 36.3 Å². The first kappa shape index (κ1) is 27.3. The van der Waals surface area contributed by atoms with Crippen LogP contribution in [0.25, 0.3) is 0 Å². The minimum absolute atomic E-state index is 0.0236. The van der Waals surface area contributed by atoms with E-state index < -0.39 is 16.6 Å². The molecule has 192 valence electrons. The van der Waals surface area contributed by atoms with Gasteiger partial charge in [-0.3, -0.25) is 4.79 Å². The molecule has 0 saturated carbocycles. The van der Waals surface area contributed by atoms with Crippen molar-refractivity contribution in [3.63, 3.8) is 0 Å². The molecule has 0 amide bonds. The van der Waals surface area contributed by atoms with E-state index >= 15 is 0 Å². The molecule has 0 spiro atoms. The third-order valence-corrected chi connectivity index (χ3v) is 18.1. The highest BCUT2D eigenvalue weighted by atomic mass is 28.4. The van der Waals surface area contributed by atoms with Crippen molar-refractivity contribution in [2.45, 2.75) is 141 Å². The van der Waals surface area contributed by atoms with Crippen molar-refractivity contribution in [3.8, 4) is 0 Å². The Morgan fingerprint density at radius 3 is 2.18 bits per heavy atom. The molecule has 0 aromatic rings. The average Bonchev–Trinajstić information content (AvgIpc) is 3.15. The summed E-state index contributed by atoms with van der Waals surface area (Å²) >= 11 is 0. The highest BCUT2D eigenvalue weighted by Crippen LogP contribution is 2.42. The molecule has 6 nitrogen and oxygen atoms in total. The molecular weight excluding hydrogens is 452 g/mol. The van der Waals surface area contributed by atoms with E-state index in [1.54, 1.807) is 0 Å². The van der Waals surface area contributed by atoms with E-state index in [2.05, 4.69) is 61.6 Å². The number of carbonyl (C=O) groups is 1. The standard InChI is InChI=1S/C25H48O6Si2/c1-10-33(11-2,12-3)31-22(16-27-32(8,9)25(5,6)7)20-14-19-18(28-20)15-21-24(30-19)17(4)13-23(26)29-21/h17-22,24H,10-16H2,1-9H3/t17-,18+,19+,20?,21-,22?,24-/m0/s1. The van der Waals surface area contributed by atoms with Gasteiger partial charge in [0.1, 0.15) is 6.10 Å². The second-order valence-corrected chi connectivity index (χ2v) is 21.5. The fraction of sp³-hybridized carbons (Fsp3) is 0.960. The normalized spacial score (nSPS) is 33.9. The highest BCUT2D eigenvalue weighted by molar-refractivity contribution is 6.74. The Kier molecular flexibility index (Phi) is 8.60. The molecule has 33 heavy (non-hydrogen) atoms. The van der Waals surface area contributed by atoms with Gasteiger partial charge in [-0.1, -0.05) is 48.5 Å². The molecule has 0 aromatic heterocycles. The van der Waals surface area contributed by atoms with Crippen molar-refractivity contribution in [1.29, 1.82) is 0 Å². The average molecular weight is 501 g/mol. The van der Waals surface area contributed by atoms with E-state index in [1.807, 2.05) is 0 Å². The first-order valence-corrected chi connectivity index (χ1v) is 18.6.